The number of carboxylic acids is 1. The third kappa shape index (κ3) is 5.17. The van der Waals surface area contributed by atoms with E-state index in [1.807, 2.05) is 24.0 Å². The van der Waals surface area contributed by atoms with E-state index in [9.17, 15) is 4.79 Å². The first-order valence-corrected chi connectivity index (χ1v) is 5.06. The number of aromatic nitrogens is 2. The maximum Gasteiger partial charge on any atom is 0.303 e. The van der Waals surface area contributed by atoms with E-state index in [4.69, 9.17) is 5.11 Å². The first-order valence-electron chi connectivity index (χ1n) is 5.06. The summed E-state index contributed by atoms with van der Waals surface area (Å²) < 4.78 is 1.87. The summed E-state index contributed by atoms with van der Waals surface area (Å²) in [5.41, 5.74) is 0. The predicted molar refractivity (Wildman–Crippen MR) is 56.6 cm³/mol. The van der Waals surface area contributed by atoms with Crippen LogP contribution < -0.4 is 0 Å². The zero-order chi connectivity index (χ0) is 11.1. The Bertz CT molecular complexity index is 285. The van der Waals surface area contributed by atoms with Crippen LogP contribution in [0, 0.1) is 0 Å². The molecule has 1 aromatic heterocycles. The molecule has 5 heteroatoms. The van der Waals surface area contributed by atoms with Crippen LogP contribution in [0.3, 0.4) is 0 Å². The van der Waals surface area contributed by atoms with E-state index in [1.54, 1.807) is 6.20 Å². The first kappa shape index (κ1) is 11.7. The van der Waals surface area contributed by atoms with Crippen LogP contribution in [0.1, 0.15) is 12.8 Å². The summed E-state index contributed by atoms with van der Waals surface area (Å²) >= 11 is 0. The van der Waals surface area contributed by atoms with Crippen molar-refractivity contribution in [2.75, 3.05) is 20.1 Å². The summed E-state index contributed by atoms with van der Waals surface area (Å²) in [4.78, 5) is 12.4. The molecule has 0 saturated heterocycles. The molecule has 1 heterocycles. The maximum atomic E-state index is 10.3. The van der Waals surface area contributed by atoms with Crippen LogP contribution in [-0.2, 0) is 11.3 Å². The average molecular weight is 211 g/mol. The molecule has 0 aliphatic carbocycles. The minimum absolute atomic E-state index is 0.242. The normalized spacial score (nSPS) is 10.8. The number of carbonyl (C=O) groups is 1. The van der Waals surface area contributed by atoms with Gasteiger partial charge in [0.1, 0.15) is 0 Å². The van der Waals surface area contributed by atoms with Gasteiger partial charge in [-0.15, -0.1) is 0 Å². The van der Waals surface area contributed by atoms with Crippen LogP contribution in [0.25, 0.3) is 0 Å². The van der Waals surface area contributed by atoms with Crippen LogP contribution >= 0.6 is 0 Å². The van der Waals surface area contributed by atoms with Crippen molar-refractivity contribution in [2.24, 2.45) is 0 Å². The summed E-state index contributed by atoms with van der Waals surface area (Å²) in [5.74, 6) is -0.726. The van der Waals surface area contributed by atoms with Gasteiger partial charge in [0.05, 0.1) is 6.54 Å². The van der Waals surface area contributed by atoms with Crippen LogP contribution in [0.2, 0.25) is 0 Å². The highest BCUT2D eigenvalue weighted by Crippen LogP contribution is 1.94. The maximum absolute atomic E-state index is 10.3. The highest BCUT2D eigenvalue weighted by atomic mass is 16.4. The smallest absolute Gasteiger partial charge is 0.303 e. The summed E-state index contributed by atoms with van der Waals surface area (Å²) in [5, 5.41) is 12.6. The molecule has 0 aromatic carbocycles. The molecular weight excluding hydrogens is 194 g/mol. The standard InChI is InChI=1S/C10H17N3O2/c1-12(6-2-4-10(14)15)8-9-13-7-3-5-11-13/h3,5,7H,2,4,6,8-9H2,1H3,(H,14,15). The first-order chi connectivity index (χ1) is 7.18. The molecule has 15 heavy (non-hydrogen) atoms. The minimum atomic E-state index is -0.726. The fraction of sp³-hybridized carbons (Fsp3) is 0.600. The Kier molecular flexibility index (Phi) is 4.83. The molecule has 5 nitrogen and oxygen atoms in total. The second-order valence-electron chi connectivity index (χ2n) is 3.57. The van der Waals surface area contributed by atoms with Crippen molar-refractivity contribution in [1.82, 2.24) is 14.7 Å². The topological polar surface area (TPSA) is 58.4 Å². The molecule has 0 fully saturated rings. The van der Waals surface area contributed by atoms with Gasteiger partial charge in [-0.25, -0.2) is 0 Å². The van der Waals surface area contributed by atoms with Crippen molar-refractivity contribution in [2.45, 2.75) is 19.4 Å². The van der Waals surface area contributed by atoms with Crippen molar-refractivity contribution in [3.8, 4) is 0 Å². The van der Waals surface area contributed by atoms with E-state index >= 15 is 0 Å². The van der Waals surface area contributed by atoms with Gasteiger partial charge in [0.15, 0.2) is 0 Å². The van der Waals surface area contributed by atoms with Gasteiger partial charge >= 0.3 is 5.97 Å². The van der Waals surface area contributed by atoms with E-state index < -0.39 is 5.97 Å². The Morgan fingerprint density at radius 1 is 1.53 bits per heavy atom. The SMILES string of the molecule is CN(CCCC(=O)O)CCn1cccn1. The number of carboxylic acid groups (broad SMARTS) is 1. The van der Waals surface area contributed by atoms with Gasteiger partial charge in [-0.3, -0.25) is 9.48 Å². The number of hydrogen-bond acceptors (Lipinski definition) is 3. The number of nitrogens with zero attached hydrogens (tertiary/aromatic N) is 3. The highest BCUT2D eigenvalue weighted by Gasteiger charge is 2.01. The van der Waals surface area contributed by atoms with Crippen molar-refractivity contribution >= 4 is 5.97 Å². The van der Waals surface area contributed by atoms with Gasteiger partial charge < -0.3 is 10.0 Å². The summed E-state index contributed by atoms with van der Waals surface area (Å²) in [6.07, 6.45) is 4.62. The number of hydrogen-bond donors (Lipinski definition) is 1. The van der Waals surface area contributed by atoms with Crippen molar-refractivity contribution in [3.63, 3.8) is 0 Å². The van der Waals surface area contributed by atoms with Crippen molar-refractivity contribution < 1.29 is 9.90 Å². The van der Waals surface area contributed by atoms with Crippen LogP contribution in [-0.4, -0.2) is 45.9 Å². The molecule has 0 radical (unpaired) electrons. The molecule has 0 spiro atoms. The lowest BCUT2D eigenvalue weighted by Gasteiger charge is -2.15. The van der Waals surface area contributed by atoms with Crippen LogP contribution in [0.5, 0.6) is 0 Å². The molecule has 0 saturated carbocycles. The Balaban J connectivity index is 2.08. The number of rotatable bonds is 7. The zero-order valence-electron chi connectivity index (χ0n) is 8.96. The fourth-order valence-electron chi connectivity index (χ4n) is 1.32. The molecule has 0 unspecified atom stereocenters. The molecule has 1 N–H and O–H groups in total. The van der Waals surface area contributed by atoms with Gasteiger partial charge in [0, 0.05) is 25.4 Å². The van der Waals surface area contributed by atoms with E-state index in [1.165, 1.54) is 0 Å². The van der Waals surface area contributed by atoms with Crippen molar-refractivity contribution in [1.29, 1.82) is 0 Å². The number of likely N-dealkylation sites (N-methyl/N-ethyl adjacent to an activating group) is 1. The number of aliphatic carboxylic acids is 1. The molecule has 0 atom stereocenters. The molecule has 84 valence electrons. The van der Waals surface area contributed by atoms with E-state index in [0.717, 1.165) is 19.6 Å². The molecule has 0 bridgehead atoms. The highest BCUT2D eigenvalue weighted by molar-refractivity contribution is 5.66. The Hall–Kier alpha value is -1.36. The molecule has 0 amide bonds. The van der Waals surface area contributed by atoms with Gasteiger partial charge in [-0.1, -0.05) is 0 Å². The lowest BCUT2D eigenvalue weighted by Crippen LogP contribution is -2.24. The monoisotopic (exact) mass is 211 g/mol. The van der Waals surface area contributed by atoms with Crippen molar-refractivity contribution in [3.05, 3.63) is 18.5 Å². The predicted octanol–water partition coefficient (Wildman–Crippen LogP) is 0.680. The summed E-state index contributed by atoms with van der Waals surface area (Å²) in [7, 11) is 1.99. The Morgan fingerprint density at radius 2 is 2.33 bits per heavy atom. The quantitative estimate of drug-likeness (QED) is 0.720. The van der Waals surface area contributed by atoms with Gasteiger partial charge in [0.2, 0.25) is 0 Å². The molecular formula is C10H17N3O2. The fourth-order valence-corrected chi connectivity index (χ4v) is 1.32. The molecule has 0 aliphatic heterocycles. The van der Waals surface area contributed by atoms with E-state index in [0.29, 0.717) is 6.42 Å². The van der Waals surface area contributed by atoms with Crippen LogP contribution in [0.4, 0.5) is 0 Å². The van der Waals surface area contributed by atoms with Gasteiger partial charge in [-0.05, 0) is 26.1 Å². The van der Waals surface area contributed by atoms with Gasteiger partial charge in [-0.2, -0.15) is 5.10 Å². The summed E-state index contributed by atoms with van der Waals surface area (Å²) in [6.45, 7) is 2.55. The Labute approximate surface area is 89.3 Å². The lowest BCUT2D eigenvalue weighted by atomic mass is 10.3. The zero-order valence-corrected chi connectivity index (χ0v) is 8.96. The third-order valence-electron chi connectivity index (χ3n) is 2.20. The van der Waals surface area contributed by atoms with E-state index in [2.05, 4.69) is 10.00 Å². The summed E-state index contributed by atoms with van der Waals surface area (Å²) in [6, 6.07) is 1.89. The van der Waals surface area contributed by atoms with Gasteiger partial charge in [0.25, 0.3) is 0 Å². The second kappa shape index (κ2) is 6.19. The van der Waals surface area contributed by atoms with Crippen LogP contribution in [0.15, 0.2) is 18.5 Å². The molecule has 0 aliphatic rings. The van der Waals surface area contributed by atoms with E-state index in [-0.39, 0.29) is 6.42 Å². The lowest BCUT2D eigenvalue weighted by molar-refractivity contribution is -0.137. The Morgan fingerprint density at radius 3 is 2.93 bits per heavy atom. The third-order valence-corrected chi connectivity index (χ3v) is 2.20. The molecule has 1 rings (SSSR count). The molecule has 1 aromatic rings. The minimum Gasteiger partial charge on any atom is -0.481 e. The largest absolute Gasteiger partial charge is 0.481 e. The average Bonchev–Trinajstić information content (AvgIpc) is 2.66. The second-order valence-corrected chi connectivity index (χ2v) is 3.57.